The minimum Gasteiger partial charge on any atom is -0.394 e. The van der Waals surface area contributed by atoms with Crippen molar-refractivity contribution >= 4 is 11.0 Å². The maximum atomic E-state index is 9.73. The van der Waals surface area contributed by atoms with Gasteiger partial charge in [0.1, 0.15) is 5.82 Å². The summed E-state index contributed by atoms with van der Waals surface area (Å²) in [4.78, 5) is 4.58. The monoisotopic (exact) mass is 259 g/mol. The van der Waals surface area contributed by atoms with E-state index in [0.717, 1.165) is 23.4 Å². The molecular weight excluding hydrogens is 238 g/mol. The van der Waals surface area contributed by atoms with Gasteiger partial charge in [0.25, 0.3) is 0 Å². The highest BCUT2D eigenvalue weighted by atomic mass is 16.3. The number of para-hydroxylation sites is 2. The molecule has 1 saturated carbocycles. The van der Waals surface area contributed by atoms with Crippen LogP contribution in [0.3, 0.4) is 0 Å². The Labute approximate surface area is 113 Å². The molecule has 0 spiro atoms. The molecule has 1 aromatic carbocycles. The van der Waals surface area contributed by atoms with Crippen LogP contribution in [0.5, 0.6) is 0 Å². The molecule has 1 fully saturated rings. The minimum atomic E-state index is -0.282. The van der Waals surface area contributed by atoms with E-state index in [0.29, 0.717) is 6.04 Å². The van der Waals surface area contributed by atoms with E-state index in [9.17, 15) is 5.11 Å². The van der Waals surface area contributed by atoms with E-state index in [1.807, 2.05) is 25.1 Å². The average Bonchev–Trinajstić information content (AvgIpc) is 3.15. The van der Waals surface area contributed by atoms with Crippen molar-refractivity contribution in [1.29, 1.82) is 0 Å². The Morgan fingerprint density at radius 1 is 1.42 bits per heavy atom. The zero-order valence-corrected chi connectivity index (χ0v) is 11.6. The van der Waals surface area contributed by atoms with Crippen LogP contribution in [0.25, 0.3) is 11.0 Å². The summed E-state index contributed by atoms with van der Waals surface area (Å²) in [6, 6.07) is 8.73. The van der Waals surface area contributed by atoms with Crippen LogP contribution in [0.1, 0.15) is 25.6 Å². The SMILES string of the molecule is Cc1nc2ccccc2n1CC(C)(CO)NC1CC1. The highest BCUT2D eigenvalue weighted by Crippen LogP contribution is 2.25. The zero-order valence-electron chi connectivity index (χ0n) is 11.6. The number of hydrogen-bond acceptors (Lipinski definition) is 3. The second-order valence-corrected chi connectivity index (χ2v) is 5.87. The molecule has 2 aromatic rings. The third-order valence-corrected chi connectivity index (χ3v) is 3.83. The lowest BCUT2D eigenvalue weighted by Crippen LogP contribution is -2.50. The van der Waals surface area contributed by atoms with Crippen molar-refractivity contribution in [3.8, 4) is 0 Å². The number of nitrogens with zero attached hydrogens (tertiary/aromatic N) is 2. The van der Waals surface area contributed by atoms with Gasteiger partial charge in [-0.2, -0.15) is 0 Å². The molecule has 1 aliphatic carbocycles. The molecule has 4 heteroatoms. The topological polar surface area (TPSA) is 50.1 Å². The third kappa shape index (κ3) is 2.51. The van der Waals surface area contributed by atoms with Crippen molar-refractivity contribution in [1.82, 2.24) is 14.9 Å². The highest BCUT2D eigenvalue weighted by molar-refractivity contribution is 5.75. The molecular formula is C15H21N3O. The fourth-order valence-corrected chi connectivity index (χ4v) is 2.61. The molecule has 0 saturated heterocycles. The Morgan fingerprint density at radius 2 is 2.16 bits per heavy atom. The van der Waals surface area contributed by atoms with Gasteiger partial charge in [-0.05, 0) is 38.8 Å². The van der Waals surface area contributed by atoms with E-state index in [2.05, 4.69) is 27.9 Å². The quantitative estimate of drug-likeness (QED) is 0.861. The van der Waals surface area contributed by atoms with Gasteiger partial charge in [-0.1, -0.05) is 12.1 Å². The largest absolute Gasteiger partial charge is 0.394 e. The summed E-state index contributed by atoms with van der Waals surface area (Å²) in [5.41, 5.74) is 1.87. The Bertz CT molecular complexity index is 588. The van der Waals surface area contributed by atoms with Gasteiger partial charge in [0, 0.05) is 12.6 Å². The number of aliphatic hydroxyl groups is 1. The second-order valence-electron chi connectivity index (χ2n) is 5.87. The molecule has 3 rings (SSSR count). The predicted molar refractivity (Wildman–Crippen MR) is 76.1 cm³/mol. The van der Waals surface area contributed by atoms with Crippen molar-refractivity contribution in [2.45, 2.75) is 44.8 Å². The van der Waals surface area contributed by atoms with Gasteiger partial charge in [-0.3, -0.25) is 0 Å². The smallest absolute Gasteiger partial charge is 0.106 e. The fraction of sp³-hybridized carbons (Fsp3) is 0.533. The fourth-order valence-electron chi connectivity index (χ4n) is 2.61. The molecule has 0 aliphatic heterocycles. The first kappa shape index (κ1) is 12.6. The van der Waals surface area contributed by atoms with Crippen molar-refractivity contribution in [3.63, 3.8) is 0 Å². The van der Waals surface area contributed by atoms with Crippen LogP contribution in [0.2, 0.25) is 0 Å². The number of aliphatic hydroxyl groups excluding tert-OH is 1. The number of rotatable bonds is 5. The molecule has 102 valence electrons. The molecule has 2 N–H and O–H groups in total. The number of benzene rings is 1. The molecule has 0 radical (unpaired) electrons. The van der Waals surface area contributed by atoms with Crippen molar-refractivity contribution in [2.75, 3.05) is 6.61 Å². The molecule has 1 aromatic heterocycles. The van der Waals surface area contributed by atoms with Crippen LogP contribution < -0.4 is 5.32 Å². The summed E-state index contributed by atoms with van der Waals surface area (Å²) in [5.74, 6) is 0.999. The normalized spacial score (nSPS) is 18.7. The van der Waals surface area contributed by atoms with Crippen molar-refractivity contribution < 1.29 is 5.11 Å². The molecule has 1 aliphatic rings. The minimum absolute atomic E-state index is 0.134. The zero-order chi connectivity index (χ0) is 13.5. The number of imidazole rings is 1. The summed E-state index contributed by atoms with van der Waals surface area (Å²) < 4.78 is 2.20. The Morgan fingerprint density at radius 3 is 2.84 bits per heavy atom. The summed E-state index contributed by atoms with van der Waals surface area (Å²) in [7, 11) is 0. The van der Waals surface area contributed by atoms with Crippen LogP contribution in [0.15, 0.2) is 24.3 Å². The van der Waals surface area contributed by atoms with Gasteiger partial charge in [0.05, 0.1) is 23.2 Å². The lowest BCUT2D eigenvalue weighted by molar-refractivity contribution is 0.156. The molecule has 0 amide bonds. The van der Waals surface area contributed by atoms with Crippen LogP contribution in [0, 0.1) is 6.92 Å². The maximum Gasteiger partial charge on any atom is 0.106 e. The lowest BCUT2D eigenvalue weighted by Gasteiger charge is -2.30. The first-order valence-electron chi connectivity index (χ1n) is 6.92. The Hall–Kier alpha value is -1.39. The maximum absolute atomic E-state index is 9.73. The van der Waals surface area contributed by atoms with Crippen LogP contribution in [0.4, 0.5) is 0 Å². The highest BCUT2D eigenvalue weighted by Gasteiger charge is 2.32. The predicted octanol–water partition coefficient (Wildman–Crippen LogP) is 1.85. The van der Waals surface area contributed by atoms with E-state index in [1.54, 1.807) is 0 Å². The Balaban J connectivity index is 1.92. The third-order valence-electron chi connectivity index (χ3n) is 3.83. The van der Waals surface area contributed by atoms with Crippen molar-refractivity contribution in [2.24, 2.45) is 0 Å². The number of nitrogens with one attached hydrogen (secondary N) is 1. The second kappa shape index (κ2) is 4.62. The first-order valence-corrected chi connectivity index (χ1v) is 6.92. The average molecular weight is 259 g/mol. The van der Waals surface area contributed by atoms with E-state index in [4.69, 9.17) is 0 Å². The lowest BCUT2D eigenvalue weighted by atomic mass is 10.0. The summed E-state index contributed by atoms with van der Waals surface area (Å²) in [6.07, 6.45) is 2.44. The number of hydrogen-bond donors (Lipinski definition) is 2. The van der Waals surface area contributed by atoms with E-state index in [1.165, 1.54) is 12.8 Å². The molecule has 1 unspecified atom stereocenters. The van der Waals surface area contributed by atoms with Crippen LogP contribution >= 0.6 is 0 Å². The van der Waals surface area contributed by atoms with Gasteiger partial charge >= 0.3 is 0 Å². The first-order chi connectivity index (χ1) is 9.11. The van der Waals surface area contributed by atoms with Gasteiger partial charge < -0.3 is 15.0 Å². The number of fused-ring (bicyclic) bond motifs is 1. The van der Waals surface area contributed by atoms with Gasteiger partial charge in [0.2, 0.25) is 0 Å². The van der Waals surface area contributed by atoms with Crippen LogP contribution in [-0.4, -0.2) is 32.8 Å². The summed E-state index contributed by atoms with van der Waals surface area (Å²) in [5, 5.41) is 13.3. The molecule has 19 heavy (non-hydrogen) atoms. The van der Waals surface area contributed by atoms with Gasteiger partial charge in [0.15, 0.2) is 0 Å². The van der Waals surface area contributed by atoms with Gasteiger partial charge in [-0.15, -0.1) is 0 Å². The molecule has 1 atom stereocenters. The number of aromatic nitrogens is 2. The molecule has 4 nitrogen and oxygen atoms in total. The van der Waals surface area contributed by atoms with Crippen molar-refractivity contribution in [3.05, 3.63) is 30.1 Å². The number of aryl methyl sites for hydroxylation is 1. The summed E-state index contributed by atoms with van der Waals surface area (Å²) in [6.45, 7) is 4.98. The van der Waals surface area contributed by atoms with E-state index >= 15 is 0 Å². The van der Waals surface area contributed by atoms with E-state index in [-0.39, 0.29) is 12.1 Å². The van der Waals surface area contributed by atoms with E-state index < -0.39 is 0 Å². The van der Waals surface area contributed by atoms with Crippen LogP contribution in [-0.2, 0) is 6.54 Å². The molecule has 0 bridgehead atoms. The standard InChI is InChI=1S/C15H21N3O/c1-11-16-13-5-3-4-6-14(13)18(11)9-15(2,10-19)17-12-7-8-12/h3-6,12,17,19H,7-10H2,1-2H3. The van der Waals surface area contributed by atoms with Gasteiger partial charge in [-0.25, -0.2) is 4.98 Å². The molecule has 1 heterocycles. The summed E-state index contributed by atoms with van der Waals surface area (Å²) >= 11 is 0. The Kier molecular flexibility index (Phi) is 3.07.